The molecule has 0 aliphatic heterocycles. The molecule has 0 amide bonds. The summed E-state index contributed by atoms with van der Waals surface area (Å²) in [5.74, 6) is 0. The lowest BCUT2D eigenvalue weighted by atomic mass is 10.4. The number of hydrogen-bond acceptors (Lipinski definition) is 1. The first-order chi connectivity index (χ1) is 6.35. The summed E-state index contributed by atoms with van der Waals surface area (Å²) in [7, 11) is -0.0783. The maximum absolute atomic E-state index is 5.86. The van der Waals surface area contributed by atoms with Gasteiger partial charge in [0.05, 0.1) is 6.61 Å². The van der Waals surface area contributed by atoms with Gasteiger partial charge < -0.3 is 4.52 Å². The Morgan fingerprint density at radius 3 is 1.77 bits per heavy atom. The van der Waals surface area contributed by atoms with E-state index in [1.807, 2.05) is 0 Å². The Kier molecular flexibility index (Phi) is 10.8. The molecule has 0 fully saturated rings. The van der Waals surface area contributed by atoms with Crippen LogP contribution in [0, 0.1) is 0 Å². The summed E-state index contributed by atoms with van der Waals surface area (Å²) in [6.07, 6.45) is 9.12. The zero-order chi connectivity index (χ0) is 9.94. The van der Waals surface area contributed by atoms with E-state index in [4.69, 9.17) is 4.52 Å². The van der Waals surface area contributed by atoms with E-state index in [2.05, 4.69) is 20.8 Å². The molecule has 0 atom stereocenters. The summed E-state index contributed by atoms with van der Waals surface area (Å²) in [4.78, 5) is 0. The van der Waals surface area contributed by atoms with Crippen LogP contribution in [-0.4, -0.2) is 18.9 Å². The van der Waals surface area contributed by atoms with Gasteiger partial charge in [0.1, 0.15) is 0 Å². The van der Waals surface area contributed by atoms with Crippen LogP contribution in [0.25, 0.3) is 0 Å². The van der Waals surface area contributed by atoms with E-state index < -0.39 is 0 Å². The molecule has 2 heteroatoms. The standard InChI is InChI=1S/C11H25OP/c1-4-7-10-13(11-8-5-2)12-9-6-3/h4-11H2,1-3H3. The Bertz CT molecular complexity index is 77.1. The van der Waals surface area contributed by atoms with Gasteiger partial charge in [-0.15, -0.1) is 0 Å². The van der Waals surface area contributed by atoms with Crippen LogP contribution in [0.15, 0.2) is 0 Å². The average molecular weight is 204 g/mol. The summed E-state index contributed by atoms with van der Waals surface area (Å²) in [5, 5.41) is 0. The molecule has 0 aromatic rings. The monoisotopic (exact) mass is 204 g/mol. The van der Waals surface area contributed by atoms with Gasteiger partial charge in [0.25, 0.3) is 0 Å². The SMILES string of the molecule is CCCCP(CCCC)OCCC. The lowest BCUT2D eigenvalue weighted by Crippen LogP contribution is -1.96. The van der Waals surface area contributed by atoms with Crippen LogP contribution in [0.5, 0.6) is 0 Å². The maximum Gasteiger partial charge on any atom is 0.0506 e. The Morgan fingerprint density at radius 2 is 1.38 bits per heavy atom. The Hall–Kier alpha value is 0.390. The second kappa shape index (κ2) is 10.5. The Morgan fingerprint density at radius 1 is 0.846 bits per heavy atom. The van der Waals surface area contributed by atoms with E-state index in [0.29, 0.717) is 0 Å². The number of rotatable bonds is 9. The lowest BCUT2D eigenvalue weighted by Gasteiger charge is -2.16. The zero-order valence-corrected chi connectivity index (χ0v) is 10.4. The summed E-state index contributed by atoms with van der Waals surface area (Å²) < 4.78 is 5.86. The summed E-state index contributed by atoms with van der Waals surface area (Å²) in [6, 6.07) is 0. The molecule has 13 heavy (non-hydrogen) atoms. The fourth-order valence-electron chi connectivity index (χ4n) is 1.13. The van der Waals surface area contributed by atoms with Crippen molar-refractivity contribution in [3.63, 3.8) is 0 Å². The van der Waals surface area contributed by atoms with Crippen LogP contribution < -0.4 is 0 Å². The van der Waals surface area contributed by atoms with Crippen molar-refractivity contribution in [2.24, 2.45) is 0 Å². The molecular weight excluding hydrogens is 179 g/mol. The second-order valence-corrected chi connectivity index (χ2v) is 5.59. The van der Waals surface area contributed by atoms with E-state index in [0.717, 1.165) is 13.0 Å². The molecule has 0 aliphatic rings. The molecule has 0 radical (unpaired) electrons. The van der Waals surface area contributed by atoms with E-state index in [1.54, 1.807) is 0 Å². The van der Waals surface area contributed by atoms with Gasteiger partial charge in [-0.3, -0.25) is 0 Å². The van der Waals surface area contributed by atoms with Crippen LogP contribution in [-0.2, 0) is 4.52 Å². The quantitative estimate of drug-likeness (QED) is 0.505. The van der Waals surface area contributed by atoms with E-state index >= 15 is 0 Å². The van der Waals surface area contributed by atoms with Crippen LogP contribution in [0.3, 0.4) is 0 Å². The first-order valence-electron chi connectivity index (χ1n) is 5.73. The highest BCUT2D eigenvalue weighted by Gasteiger charge is 2.06. The zero-order valence-electron chi connectivity index (χ0n) is 9.51. The van der Waals surface area contributed by atoms with E-state index in [9.17, 15) is 0 Å². The van der Waals surface area contributed by atoms with Crippen molar-refractivity contribution in [3.8, 4) is 0 Å². The minimum absolute atomic E-state index is 0.0783. The molecule has 80 valence electrons. The van der Waals surface area contributed by atoms with Crippen LogP contribution >= 0.6 is 8.15 Å². The fraction of sp³-hybridized carbons (Fsp3) is 1.00. The van der Waals surface area contributed by atoms with Crippen LogP contribution in [0.2, 0.25) is 0 Å². The summed E-state index contributed by atoms with van der Waals surface area (Å²) in [5.41, 5.74) is 0. The second-order valence-electron chi connectivity index (χ2n) is 3.47. The summed E-state index contributed by atoms with van der Waals surface area (Å²) in [6.45, 7) is 7.67. The van der Waals surface area contributed by atoms with Crippen molar-refractivity contribution in [1.82, 2.24) is 0 Å². The topological polar surface area (TPSA) is 9.23 Å². The molecule has 0 aromatic heterocycles. The lowest BCUT2D eigenvalue weighted by molar-refractivity contribution is 0.350. The molecule has 0 aliphatic carbocycles. The van der Waals surface area contributed by atoms with Crippen molar-refractivity contribution in [2.75, 3.05) is 18.9 Å². The van der Waals surface area contributed by atoms with Gasteiger partial charge in [-0.1, -0.05) is 33.6 Å². The molecule has 0 N–H and O–H groups in total. The smallest absolute Gasteiger partial charge is 0.0506 e. The van der Waals surface area contributed by atoms with Gasteiger partial charge in [0.15, 0.2) is 0 Å². The Labute approximate surface area is 85.1 Å². The Balaban J connectivity index is 3.47. The number of hydrogen-bond donors (Lipinski definition) is 0. The highest BCUT2D eigenvalue weighted by molar-refractivity contribution is 7.52. The van der Waals surface area contributed by atoms with Gasteiger partial charge in [-0.25, -0.2) is 0 Å². The predicted molar refractivity (Wildman–Crippen MR) is 62.7 cm³/mol. The fourth-order valence-corrected chi connectivity index (χ4v) is 3.39. The van der Waals surface area contributed by atoms with Gasteiger partial charge in [0, 0.05) is 8.15 Å². The van der Waals surface area contributed by atoms with Crippen molar-refractivity contribution < 1.29 is 4.52 Å². The predicted octanol–water partition coefficient (Wildman–Crippen LogP) is 4.41. The van der Waals surface area contributed by atoms with Crippen LogP contribution in [0.1, 0.15) is 52.9 Å². The van der Waals surface area contributed by atoms with Gasteiger partial charge in [0.2, 0.25) is 0 Å². The third-order valence-corrected chi connectivity index (χ3v) is 4.18. The minimum Gasteiger partial charge on any atom is -0.359 e. The summed E-state index contributed by atoms with van der Waals surface area (Å²) >= 11 is 0. The third-order valence-electron chi connectivity index (χ3n) is 2.00. The molecule has 0 heterocycles. The molecule has 0 saturated heterocycles. The molecule has 0 rings (SSSR count). The average Bonchev–Trinajstić information content (AvgIpc) is 2.17. The van der Waals surface area contributed by atoms with Gasteiger partial charge in [-0.2, -0.15) is 0 Å². The van der Waals surface area contributed by atoms with Gasteiger partial charge in [-0.05, 0) is 31.6 Å². The van der Waals surface area contributed by atoms with Crippen molar-refractivity contribution >= 4 is 8.15 Å². The minimum atomic E-state index is -0.0783. The number of unbranched alkanes of at least 4 members (excludes halogenated alkanes) is 2. The first-order valence-corrected chi connectivity index (χ1v) is 7.36. The third kappa shape index (κ3) is 8.71. The first kappa shape index (κ1) is 13.4. The molecular formula is C11H25OP. The highest BCUT2D eigenvalue weighted by Crippen LogP contribution is 2.38. The van der Waals surface area contributed by atoms with Crippen LogP contribution in [0.4, 0.5) is 0 Å². The normalized spacial score (nSPS) is 11.1. The van der Waals surface area contributed by atoms with Crippen molar-refractivity contribution in [3.05, 3.63) is 0 Å². The molecule has 0 bridgehead atoms. The largest absolute Gasteiger partial charge is 0.359 e. The molecule has 0 unspecified atom stereocenters. The van der Waals surface area contributed by atoms with E-state index in [-0.39, 0.29) is 8.15 Å². The highest BCUT2D eigenvalue weighted by atomic mass is 31.1. The molecule has 0 aromatic carbocycles. The van der Waals surface area contributed by atoms with E-state index in [1.165, 1.54) is 38.0 Å². The maximum atomic E-state index is 5.86. The van der Waals surface area contributed by atoms with Crippen molar-refractivity contribution in [1.29, 1.82) is 0 Å². The van der Waals surface area contributed by atoms with Crippen molar-refractivity contribution in [2.45, 2.75) is 52.9 Å². The molecule has 1 nitrogen and oxygen atoms in total. The van der Waals surface area contributed by atoms with Gasteiger partial charge >= 0.3 is 0 Å². The molecule has 0 saturated carbocycles. The molecule has 0 spiro atoms.